The summed E-state index contributed by atoms with van der Waals surface area (Å²) in [5.41, 5.74) is 5.51. The van der Waals surface area contributed by atoms with Crippen molar-refractivity contribution in [2.75, 3.05) is 6.54 Å². The average molecular weight is 264 g/mol. The van der Waals surface area contributed by atoms with Crippen LogP contribution in [0.25, 0.3) is 0 Å². The number of aromatic nitrogens is 2. The summed E-state index contributed by atoms with van der Waals surface area (Å²) >= 11 is 1.44. The number of hydrogen-bond donors (Lipinski definition) is 2. The summed E-state index contributed by atoms with van der Waals surface area (Å²) in [6.45, 7) is 2.00. The number of thiophene rings is 1. The molecule has 5 nitrogen and oxygen atoms in total. The van der Waals surface area contributed by atoms with Crippen molar-refractivity contribution in [3.63, 3.8) is 0 Å². The van der Waals surface area contributed by atoms with Crippen molar-refractivity contribution in [2.45, 2.75) is 19.5 Å². The lowest BCUT2D eigenvalue weighted by molar-refractivity contribution is 0.0957. The summed E-state index contributed by atoms with van der Waals surface area (Å²) in [5.74, 6) is -0.0228. The van der Waals surface area contributed by atoms with Crippen LogP contribution in [0.5, 0.6) is 0 Å². The average Bonchev–Trinajstić information content (AvgIpc) is 3.05. The van der Waals surface area contributed by atoms with E-state index in [1.165, 1.54) is 11.3 Å². The number of carbonyl (C=O) groups excluding carboxylic acids is 1. The van der Waals surface area contributed by atoms with Crippen LogP contribution in [0, 0.1) is 0 Å². The minimum atomic E-state index is -0.0228. The van der Waals surface area contributed by atoms with E-state index in [9.17, 15) is 4.79 Å². The van der Waals surface area contributed by atoms with E-state index < -0.39 is 0 Å². The third kappa shape index (κ3) is 3.41. The first-order valence-corrected chi connectivity index (χ1v) is 6.64. The summed E-state index contributed by atoms with van der Waals surface area (Å²) in [5, 5.41) is 2.90. The molecule has 0 radical (unpaired) electrons. The molecule has 2 heterocycles. The maximum atomic E-state index is 11.8. The Morgan fingerprint density at radius 1 is 1.50 bits per heavy atom. The monoisotopic (exact) mass is 264 g/mol. The number of nitrogens with one attached hydrogen (secondary N) is 1. The highest BCUT2D eigenvalue weighted by molar-refractivity contribution is 7.14. The van der Waals surface area contributed by atoms with Gasteiger partial charge in [-0.25, -0.2) is 4.98 Å². The zero-order valence-electron chi connectivity index (χ0n) is 10.0. The number of rotatable bonds is 6. The van der Waals surface area contributed by atoms with Gasteiger partial charge in [-0.15, -0.1) is 11.3 Å². The van der Waals surface area contributed by atoms with Crippen LogP contribution in [0.2, 0.25) is 0 Å². The Labute approximate surface area is 110 Å². The van der Waals surface area contributed by atoms with E-state index in [1.807, 2.05) is 22.9 Å². The molecule has 18 heavy (non-hydrogen) atoms. The predicted molar refractivity (Wildman–Crippen MR) is 71.4 cm³/mol. The normalized spacial score (nSPS) is 10.5. The number of amides is 1. The molecule has 0 fully saturated rings. The molecule has 0 unspecified atom stereocenters. The number of imidazole rings is 1. The van der Waals surface area contributed by atoms with Gasteiger partial charge in [0.15, 0.2) is 0 Å². The second-order valence-electron chi connectivity index (χ2n) is 3.88. The second kappa shape index (κ2) is 6.32. The molecular formula is C12H16N4OS. The van der Waals surface area contributed by atoms with E-state index in [-0.39, 0.29) is 5.91 Å². The van der Waals surface area contributed by atoms with Crippen molar-refractivity contribution >= 4 is 17.2 Å². The van der Waals surface area contributed by atoms with Gasteiger partial charge in [0.25, 0.3) is 5.91 Å². The Hall–Kier alpha value is -1.66. The minimum Gasteiger partial charge on any atom is -0.351 e. The maximum Gasteiger partial charge on any atom is 0.261 e. The summed E-state index contributed by atoms with van der Waals surface area (Å²) in [4.78, 5) is 17.5. The molecule has 0 aliphatic carbocycles. The summed E-state index contributed by atoms with van der Waals surface area (Å²) < 4.78 is 1.99. The van der Waals surface area contributed by atoms with Crippen LogP contribution >= 0.6 is 11.3 Å². The molecular weight excluding hydrogens is 248 g/mol. The first-order valence-electron chi connectivity index (χ1n) is 5.82. The molecule has 0 aromatic carbocycles. The molecule has 2 aromatic heterocycles. The maximum absolute atomic E-state index is 11.8. The molecule has 0 spiro atoms. The molecule has 0 aliphatic heterocycles. The van der Waals surface area contributed by atoms with Crippen LogP contribution in [-0.4, -0.2) is 22.0 Å². The number of hydrogen-bond acceptors (Lipinski definition) is 4. The summed E-state index contributed by atoms with van der Waals surface area (Å²) in [6, 6.07) is 3.71. The molecule has 0 bridgehead atoms. The van der Waals surface area contributed by atoms with Gasteiger partial charge in [0.2, 0.25) is 0 Å². The number of carbonyl (C=O) groups is 1. The lowest BCUT2D eigenvalue weighted by Gasteiger charge is -2.04. The molecule has 2 rings (SSSR count). The lowest BCUT2D eigenvalue weighted by Crippen LogP contribution is -2.24. The summed E-state index contributed by atoms with van der Waals surface area (Å²) in [7, 11) is 0. The van der Waals surface area contributed by atoms with Gasteiger partial charge in [0.05, 0.1) is 11.2 Å². The highest BCUT2D eigenvalue weighted by Crippen LogP contribution is 2.15. The van der Waals surface area contributed by atoms with Crippen molar-refractivity contribution in [2.24, 2.45) is 5.73 Å². The SMILES string of the molecule is NCc1ccc(C(=O)NCCCn2ccnc2)s1. The van der Waals surface area contributed by atoms with Crippen LogP contribution in [0.3, 0.4) is 0 Å². The van der Waals surface area contributed by atoms with Crippen molar-refractivity contribution in [1.82, 2.24) is 14.9 Å². The second-order valence-corrected chi connectivity index (χ2v) is 5.05. The molecule has 2 aromatic rings. The van der Waals surface area contributed by atoms with Crippen molar-refractivity contribution < 1.29 is 4.79 Å². The Bertz CT molecular complexity index is 492. The quantitative estimate of drug-likeness (QED) is 0.771. The van der Waals surface area contributed by atoms with Crippen LogP contribution in [0.15, 0.2) is 30.9 Å². The molecule has 1 amide bonds. The van der Waals surface area contributed by atoms with E-state index in [2.05, 4.69) is 10.3 Å². The highest BCUT2D eigenvalue weighted by atomic mass is 32.1. The van der Waals surface area contributed by atoms with Crippen LogP contribution in [-0.2, 0) is 13.1 Å². The minimum absolute atomic E-state index is 0.0228. The number of nitrogens with two attached hydrogens (primary N) is 1. The van der Waals surface area contributed by atoms with E-state index in [0.717, 1.165) is 22.7 Å². The van der Waals surface area contributed by atoms with Gasteiger partial charge in [-0.05, 0) is 18.6 Å². The van der Waals surface area contributed by atoms with Crippen molar-refractivity contribution in [3.05, 3.63) is 40.6 Å². The smallest absolute Gasteiger partial charge is 0.261 e. The third-order valence-corrected chi connectivity index (χ3v) is 3.63. The molecule has 96 valence electrons. The van der Waals surface area contributed by atoms with Gasteiger partial charge in [0, 0.05) is 36.9 Å². The van der Waals surface area contributed by atoms with Crippen LogP contribution in [0.1, 0.15) is 21.0 Å². The molecule has 0 aliphatic rings. The molecule has 6 heteroatoms. The van der Waals surface area contributed by atoms with Crippen LogP contribution < -0.4 is 11.1 Å². The van der Waals surface area contributed by atoms with Gasteiger partial charge in [-0.1, -0.05) is 0 Å². The predicted octanol–water partition coefficient (Wildman–Crippen LogP) is 1.22. The van der Waals surface area contributed by atoms with E-state index in [0.29, 0.717) is 13.1 Å². The Morgan fingerprint density at radius 3 is 3.06 bits per heavy atom. The topological polar surface area (TPSA) is 72.9 Å². The highest BCUT2D eigenvalue weighted by Gasteiger charge is 2.07. The molecule has 0 saturated carbocycles. The lowest BCUT2D eigenvalue weighted by atomic mass is 10.3. The largest absolute Gasteiger partial charge is 0.351 e. The number of nitrogens with zero attached hydrogens (tertiary/aromatic N) is 2. The van der Waals surface area contributed by atoms with Gasteiger partial charge >= 0.3 is 0 Å². The summed E-state index contributed by atoms with van der Waals surface area (Å²) in [6.07, 6.45) is 6.32. The van der Waals surface area contributed by atoms with E-state index in [4.69, 9.17) is 5.73 Å². The molecule has 0 atom stereocenters. The van der Waals surface area contributed by atoms with E-state index in [1.54, 1.807) is 12.5 Å². The Morgan fingerprint density at radius 2 is 2.39 bits per heavy atom. The first kappa shape index (κ1) is 12.8. The number of aryl methyl sites for hydroxylation is 1. The van der Waals surface area contributed by atoms with Gasteiger partial charge in [-0.2, -0.15) is 0 Å². The van der Waals surface area contributed by atoms with Gasteiger partial charge in [0.1, 0.15) is 0 Å². The van der Waals surface area contributed by atoms with Gasteiger partial charge in [-0.3, -0.25) is 4.79 Å². The van der Waals surface area contributed by atoms with Crippen molar-refractivity contribution in [3.8, 4) is 0 Å². The Balaban J connectivity index is 1.71. The first-order chi connectivity index (χ1) is 8.79. The van der Waals surface area contributed by atoms with Gasteiger partial charge < -0.3 is 15.6 Å². The standard InChI is InChI=1S/C12H16N4OS/c13-8-10-2-3-11(18-10)12(17)15-4-1-6-16-7-5-14-9-16/h2-3,5,7,9H,1,4,6,8,13H2,(H,15,17). The van der Waals surface area contributed by atoms with Crippen molar-refractivity contribution in [1.29, 1.82) is 0 Å². The Kier molecular flexibility index (Phi) is 4.49. The fourth-order valence-corrected chi connectivity index (χ4v) is 2.38. The zero-order chi connectivity index (χ0) is 12.8. The zero-order valence-corrected chi connectivity index (χ0v) is 10.8. The third-order valence-electron chi connectivity index (χ3n) is 2.52. The fourth-order valence-electron chi connectivity index (χ4n) is 1.58. The molecule has 3 N–H and O–H groups in total. The molecule has 0 saturated heterocycles. The van der Waals surface area contributed by atoms with E-state index >= 15 is 0 Å². The van der Waals surface area contributed by atoms with Crippen LogP contribution in [0.4, 0.5) is 0 Å². The fraction of sp³-hybridized carbons (Fsp3) is 0.333.